The maximum atomic E-state index is 7.73. The molecule has 0 aliphatic heterocycles. The van der Waals surface area contributed by atoms with Gasteiger partial charge in [-0.05, 0) is 18.2 Å². The van der Waals surface area contributed by atoms with Crippen molar-refractivity contribution in [1.29, 1.82) is 0 Å². The predicted octanol–water partition coefficient (Wildman–Crippen LogP) is 2.94. The first-order chi connectivity index (χ1) is 15.5. The fourth-order valence-electron chi connectivity index (χ4n) is 3.68. The molecule has 0 radical (unpaired) electrons. The second-order valence-corrected chi connectivity index (χ2v) is 11.5. The highest BCUT2D eigenvalue weighted by Gasteiger charge is 2.45. The molecule has 0 atom stereocenters. The molecular weight excluding hydrogens is 448 g/mol. The molecule has 0 amide bonds. The van der Waals surface area contributed by atoms with E-state index in [1.54, 1.807) is 42.7 Å². The topological polar surface area (TPSA) is 55.4 Å². The molecule has 0 fully saturated rings. The van der Waals surface area contributed by atoms with Crippen LogP contribution >= 0.6 is 11.1 Å². The Bertz CT molecular complexity index is 953. The van der Waals surface area contributed by atoms with Gasteiger partial charge < -0.3 is 28.4 Å². The second-order valence-electron chi connectivity index (χ2n) is 6.86. The molecule has 0 unspecified atom stereocenters. The summed E-state index contributed by atoms with van der Waals surface area (Å²) < 4.78 is 33.4. The highest BCUT2D eigenvalue weighted by Crippen LogP contribution is 2.30. The minimum Gasteiger partial charge on any atom is -0.497 e. The molecule has 0 aliphatic carbocycles. The van der Waals surface area contributed by atoms with Gasteiger partial charge in [0.1, 0.15) is 34.5 Å². The molecule has 32 heavy (non-hydrogen) atoms. The average Bonchev–Trinajstić information content (AvgIpc) is 2.86. The molecule has 6 nitrogen and oxygen atoms in total. The van der Waals surface area contributed by atoms with Crippen molar-refractivity contribution in [2.75, 3.05) is 42.7 Å². The number of halogens is 1. The Morgan fingerprint density at radius 3 is 0.969 bits per heavy atom. The Morgan fingerprint density at radius 2 is 0.750 bits per heavy atom. The molecule has 3 aromatic rings. The molecule has 3 rings (SSSR count). The molecule has 0 aromatic heterocycles. The molecule has 8 heteroatoms. The lowest BCUT2D eigenvalue weighted by molar-refractivity contribution is 0.395. The van der Waals surface area contributed by atoms with Crippen LogP contribution in [0.2, 0.25) is 0 Å². The van der Waals surface area contributed by atoms with E-state index in [9.17, 15) is 0 Å². The summed E-state index contributed by atoms with van der Waals surface area (Å²) in [5, 5.41) is 2.48. The summed E-state index contributed by atoms with van der Waals surface area (Å²) in [6.07, 6.45) is 0. The van der Waals surface area contributed by atoms with Crippen LogP contribution in [0.5, 0.6) is 34.5 Å². The summed E-state index contributed by atoms with van der Waals surface area (Å²) in [4.78, 5) is 0. The first kappa shape index (κ1) is 23.6. The molecular formula is C24H27ClO6Si. The summed E-state index contributed by atoms with van der Waals surface area (Å²) in [6, 6.07) is 16.9. The molecule has 0 bridgehead atoms. The molecule has 0 N–H and O–H groups in total. The maximum absolute atomic E-state index is 7.73. The van der Waals surface area contributed by atoms with Gasteiger partial charge >= 0.3 is 0 Å². The van der Waals surface area contributed by atoms with Crippen LogP contribution in [0.15, 0.2) is 54.6 Å². The second kappa shape index (κ2) is 10.1. The monoisotopic (exact) mass is 474 g/mol. The van der Waals surface area contributed by atoms with E-state index in [4.69, 9.17) is 39.5 Å². The Hall–Kier alpha value is -3.03. The van der Waals surface area contributed by atoms with E-state index in [-0.39, 0.29) is 0 Å². The van der Waals surface area contributed by atoms with Crippen LogP contribution in [0, 0.1) is 0 Å². The van der Waals surface area contributed by atoms with E-state index in [0.29, 0.717) is 34.5 Å². The fraction of sp³-hybridized carbons (Fsp3) is 0.250. The van der Waals surface area contributed by atoms with E-state index in [2.05, 4.69) is 0 Å². The third-order valence-electron chi connectivity index (χ3n) is 5.34. The zero-order chi connectivity index (χ0) is 23.3. The van der Waals surface area contributed by atoms with Crippen molar-refractivity contribution >= 4 is 34.0 Å². The molecule has 0 aliphatic rings. The lowest BCUT2D eigenvalue weighted by Gasteiger charge is -2.31. The van der Waals surface area contributed by atoms with Crippen molar-refractivity contribution < 1.29 is 28.4 Å². The Kier molecular flexibility index (Phi) is 7.43. The molecule has 3 aromatic carbocycles. The SMILES string of the molecule is COc1ccc([Si](Cl)(c2ccc(OC)cc2OC)c2ccc(OC)cc2OC)c(OC)c1. The number of hydrogen-bond donors (Lipinski definition) is 0. The normalized spacial score (nSPS) is 11.0. The van der Waals surface area contributed by atoms with Crippen LogP contribution in [0.1, 0.15) is 0 Å². The van der Waals surface area contributed by atoms with Gasteiger partial charge in [0.05, 0.1) is 42.7 Å². The van der Waals surface area contributed by atoms with E-state index >= 15 is 0 Å². The van der Waals surface area contributed by atoms with E-state index in [0.717, 1.165) is 15.6 Å². The minimum absolute atomic E-state index is 0.613. The number of methoxy groups -OCH3 is 6. The van der Waals surface area contributed by atoms with Gasteiger partial charge in [-0.15, -0.1) is 11.1 Å². The van der Waals surface area contributed by atoms with Crippen molar-refractivity contribution in [3.63, 3.8) is 0 Å². The third kappa shape index (κ3) is 4.18. The number of benzene rings is 3. The minimum atomic E-state index is -3.25. The summed E-state index contributed by atoms with van der Waals surface area (Å²) in [5.74, 6) is 3.84. The highest BCUT2D eigenvalue weighted by atomic mass is 35.6. The van der Waals surface area contributed by atoms with Crippen LogP contribution in [0.3, 0.4) is 0 Å². The molecule has 0 heterocycles. The van der Waals surface area contributed by atoms with Gasteiger partial charge in [-0.3, -0.25) is 0 Å². The standard InChI is InChI=1S/C24H27ClO6Si/c1-26-16-7-10-22(19(13-16)29-4)32(25,23-11-8-17(27-2)14-20(23)30-5)24-12-9-18(28-3)15-21(24)31-6/h7-15H,1-6H3. The Balaban J connectivity index is 2.41. The van der Waals surface area contributed by atoms with Crippen molar-refractivity contribution in [2.24, 2.45) is 0 Å². The van der Waals surface area contributed by atoms with Gasteiger partial charge in [0.25, 0.3) is 7.38 Å². The first-order valence-corrected chi connectivity index (χ1v) is 12.8. The molecule has 170 valence electrons. The van der Waals surface area contributed by atoms with E-state index in [1.165, 1.54) is 0 Å². The van der Waals surface area contributed by atoms with E-state index < -0.39 is 7.38 Å². The Morgan fingerprint density at radius 1 is 0.469 bits per heavy atom. The van der Waals surface area contributed by atoms with Crippen LogP contribution in [0.25, 0.3) is 0 Å². The van der Waals surface area contributed by atoms with Gasteiger partial charge in [0.15, 0.2) is 0 Å². The van der Waals surface area contributed by atoms with Crippen molar-refractivity contribution in [3.8, 4) is 34.5 Å². The van der Waals surface area contributed by atoms with Crippen molar-refractivity contribution in [1.82, 2.24) is 0 Å². The summed E-state index contributed by atoms with van der Waals surface area (Å²) >= 11 is 7.73. The quantitative estimate of drug-likeness (QED) is 0.270. The Labute approximate surface area is 194 Å². The van der Waals surface area contributed by atoms with Crippen LogP contribution in [0.4, 0.5) is 0 Å². The van der Waals surface area contributed by atoms with Gasteiger partial charge in [0.2, 0.25) is 0 Å². The average molecular weight is 475 g/mol. The summed E-state index contributed by atoms with van der Waals surface area (Å²) in [6.45, 7) is 0. The number of ether oxygens (including phenoxy) is 6. The fourth-order valence-corrected chi connectivity index (χ4v) is 8.44. The maximum Gasteiger partial charge on any atom is 0.258 e. The van der Waals surface area contributed by atoms with Gasteiger partial charge in [0, 0.05) is 33.8 Å². The molecule has 0 saturated carbocycles. The van der Waals surface area contributed by atoms with Gasteiger partial charge in [-0.2, -0.15) is 0 Å². The van der Waals surface area contributed by atoms with Crippen molar-refractivity contribution in [3.05, 3.63) is 54.6 Å². The first-order valence-electron chi connectivity index (χ1n) is 9.83. The zero-order valence-corrected chi connectivity index (χ0v) is 20.8. The van der Waals surface area contributed by atoms with Crippen LogP contribution < -0.4 is 44.0 Å². The highest BCUT2D eigenvalue weighted by molar-refractivity contribution is 7.41. The summed E-state index contributed by atoms with van der Waals surface area (Å²) in [5.41, 5.74) is 0. The number of rotatable bonds is 9. The lowest BCUT2D eigenvalue weighted by Crippen LogP contribution is -2.63. The number of hydrogen-bond acceptors (Lipinski definition) is 6. The van der Waals surface area contributed by atoms with Crippen LogP contribution in [-0.4, -0.2) is 50.0 Å². The van der Waals surface area contributed by atoms with Gasteiger partial charge in [-0.25, -0.2) is 0 Å². The smallest absolute Gasteiger partial charge is 0.258 e. The molecule has 0 spiro atoms. The van der Waals surface area contributed by atoms with E-state index in [1.807, 2.05) is 54.6 Å². The van der Waals surface area contributed by atoms with Gasteiger partial charge in [-0.1, -0.05) is 18.2 Å². The lowest BCUT2D eigenvalue weighted by atomic mass is 10.3. The zero-order valence-electron chi connectivity index (χ0n) is 19.0. The largest absolute Gasteiger partial charge is 0.497 e. The third-order valence-corrected chi connectivity index (χ3v) is 10.6. The summed E-state index contributed by atoms with van der Waals surface area (Å²) in [7, 11) is 6.41. The predicted molar refractivity (Wildman–Crippen MR) is 129 cm³/mol. The van der Waals surface area contributed by atoms with Crippen molar-refractivity contribution in [2.45, 2.75) is 0 Å². The molecule has 0 saturated heterocycles. The van der Waals surface area contributed by atoms with Crippen LogP contribution in [-0.2, 0) is 0 Å².